The summed E-state index contributed by atoms with van der Waals surface area (Å²) in [6, 6.07) is 6.72. The van der Waals surface area contributed by atoms with Crippen molar-refractivity contribution in [3.8, 4) is 5.75 Å². The number of hydrogen-bond acceptors (Lipinski definition) is 5. The first-order valence-electron chi connectivity index (χ1n) is 8.20. The number of carbonyl (C=O) groups excluding carboxylic acids is 1. The molecule has 1 saturated heterocycles. The quantitative estimate of drug-likeness (QED) is 0.641. The molecule has 6 nitrogen and oxygen atoms in total. The number of nitrogens with two attached hydrogens (primary N) is 1. The van der Waals surface area contributed by atoms with Crippen molar-refractivity contribution >= 4 is 5.97 Å². The third-order valence-electron chi connectivity index (χ3n) is 3.70. The number of hydrogen-bond donors (Lipinski definition) is 2. The number of aliphatic hydroxyl groups is 1. The van der Waals surface area contributed by atoms with Crippen LogP contribution in [0, 0.1) is 0 Å². The molecular formula is C17H26NO5+. The molecule has 23 heavy (non-hydrogen) atoms. The number of ether oxygens (including phenoxy) is 3. The van der Waals surface area contributed by atoms with E-state index in [0.717, 1.165) is 26.0 Å². The second kappa shape index (κ2) is 9.50. The van der Waals surface area contributed by atoms with Gasteiger partial charge >= 0.3 is 5.97 Å². The van der Waals surface area contributed by atoms with E-state index in [1.807, 2.05) is 0 Å². The predicted octanol–water partition coefficient (Wildman–Crippen LogP) is 0.345. The van der Waals surface area contributed by atoms with E-state index < -0.39 is 6.10 Å². The van der Waals surface area contributed by atoms with Crippen molar-refractivity contribution in [1.29, 1.82) is 0 Å². The van der Waals surface area contributed by atoms with Gasteiger partial charge in [0.25, 0.3) is 0 Å². The van der Waals surface area contributed by atoms with Crippen LogP contribution in [0.25, 0.3) is 0 Å². The molecule has 0 spiro atoms. The largest absolute Gasteiger partial charge is 0.491 e. The number of esters is 1. The first kappa shape index (κ1) is 17.7. The van der Waals surface area contributed by atoms with E-state index in [2.05, 4.69) is 5.32 Å². The van der Waals surface area contributed by atoms with Gasteiger partial charge in [-0.05, 0) is 44.0 Å². The van der Waals surface area contributed by atoms with Crippen LogP contribution in [0.5, 0.6) is 5.75 Å². The zero-order valence-electron chi connectivity index (χ0n) is 13.6. The summed E-state index contributed by atoms with van der Waals surface area (Å²) in [4.78, 5) is 11.5. The van der Waals surface area contributed by atoms with Crippen LogP contribution in [-0.2, 0) is 9.47 Å². The maximum Gasteiger partial charge on any atom is 0.338 e. The van der Waals surface area contributed by atoms with Crippen LogP contribution < -0.4 is 10.1 Å². The van der Waals surface area contributed by atoms with E-state index in [1.165, 1.54) is 0 Å². The van der Waals surface area contributed by atoms with E-state index in [0.29, 0.717) is 30.6 Å². The minimum absolute atomic E-state index is 0.223. The molecule has 0 radical (unpaired) electrons. The van der Waals surface area contributed by atoms with Crippen molar-refractivity contribution in [3.05, 3.63) is 29.8 Å². The highest BCUT2D eigenvalue weighted by Crippen LogP contribution is 2.13. The number of rotatable bonds is 9. The zero-order valence-corrected chi connectivity index (χ0v) is 13.6. The molecule has 6 heteroatoms. The van der Waals surface area contributed by atoms with Crippen LogP contribution in [0.1, 0.15) is 30.1 Å². The summed E-state index contributed by atoms with van der Waals surface area (Å²) in [5.41, 5.74) is 0.490. The lowest BCUT2D eigenvalue weighted by atomic mass is 10.2. The van der Waals surface area contributed by atoms with E-state index in [9.17, 15) is 9.90 Å². The SMILES string of the molecule is CCOC(=O)c1ccc(OC[C@H](O)C[NH2+]C[C@H]2CCCO2)cc1. The highest BCUT2D eigenvalue weighted by molar-refractivity contribution is 5.89. The van der Waals surface area contributed by atoms with Gasteiger partial charge in [0.2, 0.25) is 0 Å². The van der Waals surface area contributed by atoms with Crippen LogP contribution >= 0.6 is 0 Å². The van der Waals surface area contributed by atoms with Gasteiger partial charge in [-0.25, -0.2) is 4.79 Å². The lowest BCUT2D eigenvalue weighted by Crippen LogP contribution is -2.88. The Kier molecular flexibility index (Phi) is 7.32. The number of benzene rings is 1. The topological polar surface area (TPSA) is 81.6 Å². The van der Waals surface area contributed by atoms with Gasteiger partial charge in [-0.1, -0.05) is 0 Å². The first-order valence-corrected chi connectivity index (χ1v) is 8.20. The third kappa shape index (κ3) is 6.17. The Morgan fingerprint density at radius 1 is 1.43 bits per heavy atom. The van der Waals surface area contributed by atoms with Gasteiger partial charge in [-0.3, -0.25) is 0 Å². The minimum Gasteiger partial charge on any atom is -0.491 e. The monoisotopic (exact) mass is 324 g/mol. The summed E-state index contributed by atoms with van der Waals surface area (Å²) in [7, 11) is 0. The molecule has 0 saturated carbocycles. The molecule has 1 aromatic carbocycles. The maximum absolute atomic E-state index is 11.5. The molecule has 0 bridgehead atoms. The van der Waals surface area contributed by atoms with Crippen LogP contribution in [0.3, 0.4) is 0 Å². The van der Waals surface area contributed by atoms with Gasteiger partial charge in [0.05, 0.1) is 12.2 Å². The molecular weight excluding hydrogens is 298 g/mol. The third-order valence-corrected chi connectivity index (χ3v) is 3.70. The van der Waals surface area contributed by atoms with Crippen LogP contribution in [0.2, 0.25) is 0 Å². The fourth-order valence-corrected chi connectivity index (χ4v) is 2.47. The summed E-state index contributed by atoms with van der Waals surface area (Å²) < 4.78 is 16.0. The maximum atomic E-state index is 11.5. The van der Waals surface area contributed by atoms with Crippen molar-refractivity contribution in [1.82, 2.24) is 0 Å². The van der Waals surface area contributed by atoms with Crippen molar-refractivity contribution < 1.29 is 29.4 Å². The number of carbonyl (C=O) groups is 1. The summed E-state index contributed by atoms with van der Waals surface area (Å²) in [6.45, 7) is 4.66. The standard InChI is InChI=1S/C17H25NO5/c1-2-21-17(20)13-5-7-15(8-6-13)23-12-14(19)10-18-11-16-4-3-9-22-16/h5-8,14,16,18-19H,2-4,9-12H2,1H3/p+1/t14-,16-/m1/s1. The molecule has 1 fully saturated rings. The molecule has 1 aliphatic heterocycles. The normalized spacial score (nSPS) is 18.6. The Labute approximate surface area is 136 Å². The fourth-order valence-electron chi connectivity index (χ4n) is 2.47. The van der Waals surface area contributed by atoms with Gasteiger partial charge < -0.3 is 24.6 Å². The highest BCUT2D eigenvalue weighted by atomic mass is 16.5. The molecule has 0 amide bonds. The van der Waals surface area contributed by atoms with Crippen molar-refractivity contribution in [3.63, 3.8) is 0 Å². The Morgan fingerprint density at radius 3 is 2.87 bits per heavy atom. The predicted molar refractivity (Wildman–Crippen MR) is 84.5 cm³/mol. The average molecular weight is 324 g/mol. The first-order chi connectivity index (χ1) is 11.2. The van der Waals surface area contributed by atoms with Crippen LogP contribution in [0.4, 0.5) is 0 Å². The zero-order chi connectivity index (χ0) is 16.5. The van der Waals surface area contributed by atoms with E-state index in [-0.39, 0.29) is 12.6 Å². The van der Waals surface area contributed by atoms with E-state index >= 15 is 0 Å². The van der Waals surface area contributed by atoms with Gasteiger partial charge in [-0.15, -0.1) is 0 Å². The lowest BCUT2D eigenvalue weighted by molar-refractivity contribution is -0.666. The summed E-state index contributed by atoms with van der Waals surface area (Å²) in [5.74, 6) is 0.277. The Bertz CT molecular complexity index is 470. The van der Waals surface area contributed by atoms with Gasteiger partial charge in [0.15, 0.2) is 0 Å². The number of quaternary nitrogens is 1. The molecule has 1 heterocycles. The molecule has 0 unspecified atom stereocenters. The molecule has 128 valence electrons. The summed E-state index contributed by atoms with van der Waals surface area (Å²) >= 11 is 0. The van der Waals surface area contributed by atoms with E-state index in [4.69, 9.17) is 14.2 Å². The molecule has 3 N–H and O–H groups in total. The van der Waals surface area contributed by atoms with Crippen molar-refractivity contribution in [2.24, 2.45) is 0 Å². The van der Waals surface area contributed by atoms with Gasteiger partial charge in [0, 0.05) is 6.61 Å². The molecule has 2 rings (SSSR count). The number of aliphatic hydroxyl groups excluding tert-OH is 1. The smallest absolute Gasteiger partial charge is 0.338 e. The molecule has 0 aliphatic carbocycles. The Balaban J connectivity index is 1.65. The molecule has 1 aromatic rings. The molecule has 1 aliphatic rings. The summed E-state index contributed by atoms with van der Waals surface area (Å²) in [6.07, 6.45) is 2.02. The fraction of sp³-hybridized carbons (Fsp3) is 0.588. The Hall–Kier alpha value is -1.63. The minimum atomic E-state index is -0.541. The highest BCUT2D eigenvalue weighted by Gasteiger charge is 2.17. The second-order valence-electron chi connectivity index (χ2n) is 5.60. The van der Waals surface area contributed by atoms with Crippen LogP contribution in [0.15, 0.2) is 24.3 Å². The van der Waals surface area contributed by atoms with E-state index in [1.54, 1.807) is 31.2 Å². The van der Waals surface area contributed by atoms with Gasteiger partial charge in [0.1, 0.15) is 37.7 Å². The summed E-state index contributed by atoms with van der Waals surface area (Å²) in [5, 5.41) is 12.0. The second-order valence-corrected chi connectivity index (χ2v) is 5.60. The Morgan fingerprint density at radius 2 is 2.22 bits per heavy atom. The molecule has 0 aromatic heterocycles. The van der Waals surface area contributed by atoms with Crippen LogP contribution in [-0.4, -0.2) is 56.2 Å². The van der Waals surface area contributed by atoms with Gasteiger partial charge in [-0.2, -0.15) is 0 Å². The lowest BCUT2D eigenvalue weighted by Gasteiger charge is -2.13. The van der Waals surface area contributed by atoms with Crippen molar-refractivity contribution in [2.45, 2.75) is 32.0 Å². The van der Waals surface area contributed by atoms with Crippen molar-refractivity contribution in [2.75, 3.05) is 32.9 Å². The molecule has 2 atom stereocenters. The average Bonchev–Trinajstić information content (AvgIpc) is 3.07.